The zero-order valence-electron chi connectivity index (χ0n) is 16.0. The SMILES string of the molecule is Cc1ccc2c(c1)c1c(n2CC(C)(O)c2cnccn2)CCN2CCCC12. The molecule has 140 valence electrons. The smallest absolute Gasteiger partial charge is 0.123 e. The van der Waals surface area contributed by atoms with Gasteiger partial charge in [0.25, 0.3) is 0 Å². The van der Waals surface area contributed by atoms with E-state index in [9.17, 15) is 5.11 Å². The standard InChI is InChI=1S/C22H26N4O/c1-15-5-6-17-16(12-15)21-18-4-3-10-25(18)11-7-19(21)26(17)14-22(2,27)20-13-23-8-9-24-20/h5-6,8-9,12-13,18,27H,3-4,7,10-11,14H2,1-2H3. The van der Waals surface area contributed by atoms with Crippen LogP contribution in [0.4, 0.5) is 0 Å². The minimum atomic E-state index is -1.06. The third kappa shape index (κ3) is 2.68. The second-order valence-corrected chi connectivity index (χ2v) is 8.28. The molecule has 2 aliphatic rings. The molecule has 0 bridgehead atoms. The maximum absolute atomic E-state index is 11.2. The monoisotopic (exact) mass is 362 g/mol. The van der Waals surface area contributed by atoms with Gasteiger partial charge in [0.1, 0.15) is 5.60 Å². The van der Waals surface area contributed by atoms with Gasteiger partial charge < -0.3 is 9.67 Å². The Labute approximate surface area is 159 Å². The van der Waals surface area contributed by atoms with Crippen molar-refractivity contribution in [3.05, 3.63) is 59.3 Å². The van der Waals surface area contributed by atoms with E-state index in [4.69, 9.17) is 0 Å². The topological polar surface area (TPSA) is 54.2 Å². The third-order valence-corrected chi connectivity index (χ3v) is 6.28. The first kappa shape index (κ1) is 16.9. The maximum atomic E-state index is 11.2. The van der Waals surface area contributed by atoms with E-state index < -0.39 is 5.60 Å². The zero-order valence-corrected chi connectivity index (χ0v) is 16.0. The lowest BCUT2D eigenvalue weighted by Crippen LogP contribution is -2.34. The number of nitrogens with zero attached hydrogens (tertiary/aromatic N) is 4. The normalized spacial score (nSPS) is 21.8. The van der Waals surface area contributed by atoms with E-state index in [1.54, 1.807) is 18.6 Å². The van der Waals surface area contributed by atoms with Gasteiger partial charge in [-0.15, -0.1) is 0 Å². The van der Waals surface area contributed by atoms with Crippen LogP contribution in [0.25, 0.3) is 10.9 Å². The minimum Gasteiger partial charge on any atom is -0.382 e. The van der Waals surface area contributed by atoms with Crippen LogP contribution in [-0.2, 0) is 18.6 Å². The van der Waals surface area contributed by atoms with Gasteiger partial charge >= 0.3 is 0 Å². The predicted octanol–water partition coefficient (Wildman–Crippen LogP) is 3.34. The number of benzene rings is 1. The second-order valence-electron chi connectivity index (χ2n) is 8.28. The first-order valence-corrected chi connectivity index (χ1v) is 9.89. The molecule has 2 atom stereocenters. The Morgan fingerprint density at radius 2 is 2.15 bits per heavy atom. The number of hydrogen-bond donors (Lipinski definition) is 1. The number of aliphatic hydroxyl groups is 1. The van der Waals surface area contributed by atoms with E-state index in [-0.39, 0.29) is 0 Å². The summed E-state index contributed by atoms with van der Waals surface area (Å²) in [6.45, 7) is 6.82. The summed E-state index contributed by atoms with van der Waals surface area (Å²) in [7, 11) is 0. The molecule has 1 saturated heterocycles. The molecule has 0 radical (unpaired) electrons. The molecule has 5 rings (SSSR count). The van der Waals surface area contributed by atoms with E-state index in [2.05, 4.69) is 44.6 Å². The van der Waals surface area contributed by atoms with Gasteiger partial charge in [0, 0.05) is 48.0 Å². The Morgan fingerprint density at radius 3 is 2.96 bits per heavy atom. The highest BCUT2D eigenvalue weighted by atomic mass is 16.3. The Kier molecular flexibility index (Phi) is 3.85. The molecule has 2 aliphatic heterocycles. The second kappa shape index (κ2) is 6.14. The summed E-state index contributed by atoms with van der Waals surface area (Å²) < 4.78 is 2.34. The van der Waals surface area contributed by atoms with Crippen LogP contribution in [0.1, 0.15) is 48.3 Å². The van der Waals surface area contributed by atoms with E-state index in [0.717, 1.165) is 13.0 Å². The van der Waals surface area contributed by atoms with Gasteiger partial charge in [-0.25, -0.2) is 0 Å². The summed E-state index contributed by atoms with van der Waals surface area (Å²) in [6.07, 6.45) is 8.51. The lowest BCUT2D eigenvalue weighted by molar-refractivity contribution is 0.0336. The van der Waals surface area contributed by atoms with E-state index in [0.29, 0.717) is 18.3 Å². The van der Waals surface area contributed by atoms with Crippen molar-refractivity contribution < 1.29 is 5.11 Å². The predicted molar refractivity (Wildman–Crippen MR) is 106 cm³/mol. The molecule has 1 aromatic carbocycles. The summed E-state index contributed by atoms with van der Waals surface area (Å²) in [4.78, 5) is 11.1. The Balaban J connectivity index is 1.67. The lowest BCUT2D eigenvalue weighted by atomic mass is 9.95. The number of rotatable bonds is 3. The summed E-state index contributed by atoms with van der Waals surface area (Å²) in [5.74, 6) is 0. The molecule has 0 amide bonds. The lowest BCUT2D eigenvalue weighted by Gasteiger charge is -2.32. The van der Waals surface area contributed by atoms with Gasteiger partial charge in [0.15, 0.2) is 0 Å². The number of hydrogen-bond acceptors (Lipinski definition) is 4. The third-order valence-electron chi connectivity index (χ3n) is 6.28. The van der Waals surface area contributed by atoms with E-state index >= 15 is 0 Å². The van der Waals surface area contributed by atoms with Crippen LogP contribution in [0, 0.1) is 6.92 Å². The van der Waals surface area contributed by atoms with Crippen LogP contribution in [0.15, 0.2) is 36.8 Å². The minimum absolute atomic E-state index is 0.493. The van der Waals surface area contributed by atoms with Gasteiger partial charge in [0.05, 0.1) is 18.4 Å². The van der Waals surface area contributed by atoms with Crippen molar-refractivity contribution in [1.29, 1.82) is 0 Å². The van der Waals surface area contributed by atoms with E-state index in [1.807, 2.05) is 6.92 Å². The molecule has 2 aromatic heterocycles. The summed E-state index contributed by atoms with van der Waals surface area (Å²) >= 11 is 0. The molecule has 1 fully saturated rings. The van der Waals surface area contributed by atoms with Crippen LogP contribution >= 0.6 is 0 Å². The van der Waals surface area contributed by atoms with Crippen molar-refractivity contribution in [3.8, 4) is 0 Å². The Morgan fingerprint density at radius 1 is 1.26 bits per heavy atom. The van der Waals surface area contributed by atoms with Crippen LogP contribution in [0.3, 0.4) is 0 Å². The molecule has 27 heavy (non-hydrogen) atoms. The molecule has 5 nitrogen and oxygen atoms in total. The average Bonchev–Trinajstić information content (AvgIpc) is 3.25. The van der Waals surface area contributed by atoms with Gasteiger partial charge in [-0.05, 0) is 50.9 Å². The summed E-state index contributed by atoms with van der Waals surface area (Å²) in [5.41, 5.74) is 4.95. The highest BCUT2D eigenvalue weighted by Crippen LogP contribution is 2.43. The van der Waals surface area contributed by atoms with Crippen molar-refractivity contribution in [2.75, 3.05) is 13.1 Å². The van der Waals surface area contributed by atoms with Gasteiger partial charge in [0.2, 0.25) is 0 Å². The molecular weight excluding hydrogens is 336 g/mol. The van der Waals surface area contributed by atoms with Crippen molar-refractivity contribution in [2.24, 2.45) is 0 Å². The van der Waals surface area contributed by atoms with Crippen LogP contribution in [0.2, 0.25) is 0 Å². The molecule has 2 unspecified atom stereocenters. The summed E-state index contributed by atoms with van der Waals surface area (Å²) in [6, 6.07) is 7.24. The van der Waals surface area contributed by atoms with Gasteiger partial charge in [-0.1, -0.05) is 11.6 Å². The summed E-state index contributed by atoms with van der Waals surface area (Å²) in [5, 5.41) is 12.6. The van der Waals surface area contributed by atoms with Crippen molar-refractivity contribution in [1.82, 2.24) is 19.4 Å². The molecule has 0 aliphatic carbocycles. The molecule has 5 heteroatoms. The first-order chi connectivity index (χ1) is 13.0. The van der Waals surface area contributed by atoms with Gasteiger partial charge in [-0.3, -0.25) is 14.9 Å². The van der Waals surface area contributed by atoms with Crippen LogP contribution < -0.4 is 0 Å². The molecule has 1 N–H and O–H groups in total. The van der Waals surface area contributed by atoms with E-state index in [1.165, 1.54) is 47.1 Å². The molecular formula is C22H26N4O. The van der Waals surface area contributed by atoms with Gasteiger partial charge in [-0.2, -0.15) is 0 Å². The Bertz CT molecular complexity index is 992. The zero-order chi connectivity index (χ0) is 18.6. The highest BCUT2D eigenvalue weighted by molar-refractivity contribution is 5.87. The fourth-order valence-electron chi connectivity index (χ4n) is 5.01. The Hall–Kier alpha value is -2.24. The van der Waals surface area contributed by atoms with Crippen LogP contribution in [-0.4, -0.2) is 37.6 Å². The average molecular weight is 362 g/mol. The number of aromatic nitrogens is 3. The molecule has 0 saturated carbocycles. The van der Waals surface area contributed by atoms with Crippen LogP contribution in [0.5, 0.6) is 0 Å². The number of fused-ring (bicyclic) bond motifs is 5. The fourth-order valence-corrected chi connectivity index (χ4v) is 5.01. The van der Waals surface area contributed by atoms with Crippen molar-refractivity contribution in [2.45, 2.75) is 51.3 Å². The fraction of sp³-hybridized carbons (Fsp3) is 0.455. The first-order valence-electron chi connectivity index (χ1n) is 9.89. The quantitative estimate of drug-likeness (QED) is 0.776. The van der Waals surface area contributed by atoms with Crippen molar-refractivity contribution >= 4 is 10.9 Å². The maximum Gasteiger partial charge on any atom is 0.123 e. The molecule has 4 heterocycles. The number of aryl methyl sites for hydroxylation is 1. The molecule has 3 aromatic rings. The highest BCUT2D eigenvalue weighted by Gasteiger charge is 2.37. The molecule has 0 spiro atoms. The largest absolute Gasteiger partial charge is 0.382 e. The van der Waals surface area contributed by atoms with Crippen molar-refractivity contribution in [3.63, 3.8) is 0 Å².